The summed E-state index contributed by atoms with van der Waals surface area (Å²) in [6.45, 7) is 1.99. The van der Waals surface area contributed by atoms with Gasteiger partial charge in [0.15, 0.2) is 17.8 Å². The molecular formula is C21H19N3O3. The number of anilines is 1. The molecule has 0 spiro atoms. The van der Waals surface area contributed by atoms with Gasteiger partial charge in [-0.2, -0.15) is 0 Å². The number of aromatic nitrogens is 1. The van der Waals surface area contributed by atoms with E-state index in [4.69, 9.17) is 4.42 Å². The molecule has 1 aliphatic carbocycles. The Hall–Kier alpha value is -3.41. The molecule has 1 saturated carbocycles. The first-order chi connectivity index (χ1) is 13.1. The number of carbonyl (C=O) groups excluding carboxylic acids is 2. The Morgan fingerprint density at radius 3 is 2.52 bits per heavy atom. The van der Waals surface area contributed by atoms with Gasteiger partial charge in [-0.1, -0.05) is 35.9 Å². The minimum absolute atomic E-state index is 0.192. The molecule has 6 heteroatoms. The molecule has 3 aromatic rings. The van der Waals surface area contributed by atoms with Crippen LogP contribution in [0.1, 0.15) is 39.3 Å². The van der Waals surface area contributed by atoms with E-state index in [1.54, 1.807) is 24.3 Å². The first-order valence-electron chi connectivity index (χ1n) is 8.83. The fourth-order valence-electron chi connectivity index (χ4n) is 2.79. The Bertz CT molecular complexity index is 988. The maximum absolute atomic E-state index is 12.8. The largest absolute Gasteiger partial charge is 0.443 e. The van der Waals surface area contributed by atoms with Crippen molar-refractivity contribution in [3.63, 3.8) is 0 Å². The highest BCUT2D eigenvalue weighted by Crippen LogP contribution is 2.28. The van der Waals surface area contributed by atoms with Crippen molar-refractivity contribution in [2.24, 2.45) is 0 Å². The van der Waals surface area contributed by atoms with Crippen molar-refractivity contribution in [3.05, 3.63) is 71.7 Å². The minimum atomic E-state index is -0.282. The van der Waals surface area contributed by atoms with Crippen LogP contribution in [0.2, 0.25) is 0 Å². The van der Waals surface area contributed by atoms with E-state index in [1.807, 2.05) is 31.2 Å². The highest BCUT2D eigenvalue weighted by molar-refractivity contribution is 6.09. The smallest absolute Gasteiger partial charge is 0.274 e. The summed E-state index contributed by atoms with van der Waals surface area (Å²) in [6.07, 6.45) is 3.19. The molecule has 2 amide bonds. The van der Waals surface area contributed by atoms with Crippen molar-refractivity contribution in [1.29, 1.82) is 0 Å². The molecule has 4 rings (SSSR count). The zero-order valence-electron chi connectivity index (χ0n) is 14.9. The van der Waals surface area contributed by atoms with Crippen LogP contribution in [0, 0.1) is 6.92 Å². The fourth-order valence-corrected chi connectivity index (χ4v) is 2.79. The lowest BCUT2D eigenvalue weighted by Crippen LogP contribution is -2.26. The number of nitrogens with one attached hydrogen (secondary N) is 2. The summed E-state index contributed by atoms with van der Waals surface area (Å²) in [5.74, 6) is -0.266. The Morgan fingerprint density at radius 2 is 1.78 bits per heavy atom. The number of nitrogens with zero attached hydrogens (tertiary/aromatic N) is 1. The van der Waals surface area contributed by atoms with Crippen molar-refractivity contribution in [1.82, 2.24) is 10.3 Å². The Kier molecular flexibility index (Phi) is 4.46. The molecule has 1 fully saturated rings. The van der Waals surface area contributed by atoms with Crippen molar-refractivity contribution in [2.75, 3.05) is 5.32 Å². The highest BCUT2D eigenvalue weighted by Gasteiger charge is 2.28. The molecule has 2 aromatic carbocycles. The molecule has 0 aliphatic heterocycles. The van der Waals surface area contributed by atoms with Gasteiger partial charge >= 0.3 is 0 Å². The molecule has 2 N–H and O–H groups in total. The lowest BCUT2D eigenvalue weighted by atomic mass is 10.0. The van der Waals surface area contributed by atoms with Crippen LogP contribution in [0.4, 0.5) is 5.69 Å². The molecule has 0 unspecified atom stereocenters. The van der Waals surface area contributed by atoms with Crippen molar-refractivity contribution in [2.45, 2.75) is 25.8 Å². The van der Waals surface area contributed by atoms with Crippen molar-refractivity contribution < 1.29 is 14.0 Å². The SMILES string of the molecule is Cc1ccc(NC(=O)c2ccccc2-c2ocnc2C(=O)NC2CC2)cc1. The number of amides is 2. The van der Waals surface area contributed by atoms with Crippen LogP contribution in [0.15, 0.2) is 59.3 Å². The summed E-state index contributed by atoms with van der Waals surface area (Å²) < 4.78 is 5.48. The first kappa shape index (κ1) is 17.0. The number of benzene rings is 2. The van der Waals surface area contributed by atoms with Gasteiger partial charge in [-0.05, 0) is 38.0 Å². The van der Waals surface area contributed by atoms with E-state index in [1.165, 1.54) is 6.39 Å². The molecule has 1 heterocycles. The summed E-state index contributed by atoms with van der Waals surface area (Å²) in [4.78, 5) is 29.3. The second-order valence-electron chi connectivity index (χ2n) is 6.64. The summed E-state index contributed by atoms with van der Waals surface area (Å²) in [5.41, 5.74) is 2.94. The maximum Gasteiger partial charge on any atom is 0.274 e. The maximum atomic E-state index is 12.8. The average Bonchev–Trinajstić information content (AvgIpc) is 3.35. The second kappa shape index (κ2) is 7.07. The Balaban J connectivity index is 1.63. The number of aryl methyl sites for hydroxylation is 1. The predicted octanol–water partition coefficient (Wildman–Crippen LogP) is 3.79. The molecule has 27 heavy (non-hydrogen) atoms. The van der Waals surface area contributed by atoms with Crippen LogP contribution < -0.4 is 10.6 Å². The van der Waals surface area contributed by atoms with Gasteiger partial charge in [0.1, 0.15) is 0 Å². The third-order valence-electron chi connectivity index (χ3n) is 4.42. The number of hydrogen-bond donors (Lipinski definition) is 2. The third kappa shape index (κ3) is 3.74. The predicted molar refractivity (Wildman–Crippen MR) is 102 cm³/mol. The van der Waals surface area contributed by atoms with Gasteiger partial charge in [0.25, 0.3) is 11.8 Å². The van der Waals surface area contributed by atoms with E-state index in [2.05, 4.69) is 15.6 Å². The normalized spacial score (nSPS) is 13.2. The van der Waals surface area contributed by atoms with Crippen molar-refractivity contribution >= 4 is 17.5 Å². The van der Waals surface area contributed by atoms with Gasteiger partial charge in [-0.3, -0.25) is 9.59 Å². The zero-order valence-corrected chi connectivity index (χ0v) is 14.9. The molecular weight excluding hydrogens is 342 g/mol. The lowest BCUT2D eigenvalue weighted by Gasteiger charge is -2.10. The van der Waals surface area contributed by atoms with Gasteiger partial charge in [0.2, 0.25) is 0 Å². The van der Waals surface area contributed by atoms with Crippen LogP contribution in [0.25, 0.3) is 11.3 Å². The molecule has 0 bridgehead atoms. The molecule has 6 nitrogen and oxygen atoms in total. The standard InChI is InChI=1S/C21H19N3O3/c1-13-6-8-14(9-7-13)23-20(25)17-5-3-2-4-16(17)19-18(22-12-27-19)21(26)24-15-10-11-15/h2-9,12,15H,10-11H2,1H3,(H,23,25)(H,24,26). The van der Waals surface area contributed by atoms with E-state index >= 15 is 0 Å². The summed E-state index contributed by atoms with van der Waals surface area (Å²) in [7, 11) is 0. The van der Waals surface area contributed by atoms with Crippen LogP contribution in [0.3, 0.4) is 0 Å². The van der Waals surface area contributed by atoms with Crippen molar-refractivity contribution in [3.8, 4) is 11.3 Å². The average molecular weight is 361 g/mol. The van der Waals surface area contributed by atoms with Gasteiger partial charge in [0, 0.05) is 17.3 Å². The monoisotopic (exact) mass is 361 g/mol. The molecule has 1 aromatic heterocycles. The molecule has 136 valence electrons. The van der Waals surface area contributed by atoms with Crippen LogP contribution in [0.5, 0.6) is 0 Å². The summed E-state index contributed by atoms with van der Waals surface area (Å²) in [5, 5.41) is 5.78. The zero-order chi connectivity index (χ0) is 18.8. The van der Waals surface area contributed by atoms with Gasteiger partial charge in [-0.25, -0.2) is 4.98 Å². The number of rotatable bonds is 5. The van der Waals surface area contributed by atoms with Gasteiger partial charge in [0.05, 0.1) is 5.56 Å². The van der Waals surface area contributed by atoms with E-state index < -0.39 is 0 Å². The second-order valence-corrected chi connectivity index (χ2v) is 6.64. The van der Waals surface area contributed by atoms with Gasteiger partial charge < -0.3 is 15.1 Å². The molecule has 1 aliphatic rings. The Labute approximate surface area is 156 Å². The fraction of sp³-hybridized carbons (Fsp3) is 0.190. The summed E-state index contributed by atoms with van der Waals surface area (Å²) >= 11 is 0. The molecule has 0 saturated heterocycles. The summed E-state index contributed by atoms with van der Waals surface area (Å²) in [6, 6.07) is 14.8. The number of oxazole rings is 1. The van der Waals surface area contributed by atoms with Crippen LogP contribution in [-0.2, 0) is 0 Å². The molecule has 0 atom stereocenters. The van der Waals surface area contributed by atoms with E-state index in [-0.39, 0.29) is 23.6 Å². The minimum Gasteiger partial charge on any atom is -0.443 e. The molecule has 0 radical (unpaired) electrons. The van der Waals surface area contributed by atoms with E-state index in [0.717, 1.165) is 18.4 Å². The highest BCUT2D eigenvalue weighted by atomic mass is 16.3. The third-order valence-corrected chi connectivity index (χ3v) is 4.42. The quantitative estimate of drug-likeness (QED) is 0.724. The van der Waals surface area contributed by atoms with Crippen LogP contribution in [-0.4, -0.2) is 22.8 Å². The van der Waals surface area contributed by atoms with E-state index in [0.29, 0.717) is 22.6 Å². The lowest BCUT2D eigenvalue weighted by molar-refractivity contribution is 0.0945. The number of carbonyl (C=O) groups is 2. The van der Waals surface area contributed by atoms with Gasteiger partial charge in [-0.15, -0.1) is 0 Å². The first-order valence-corrected chi connectivity index (χ1v) is 8.83. The van der Waals surface area contributed by atoms with E-state index in [9.17, 15) is 9.59 Å². The number of hydrogen-bond acceptors (Lipinski definition) is 4. The van der Waals surface area contributed by atoms with Crippen LogP contribution >= 0.6 is 0 Å². The Morgan fingerprint density at radius 1 is 1.04 bits per heavy atom. The topological polar surface area (TPSA) is 84.2 Å².